The Kier molecular flexibility index (Phi) is 5.40. The lowest BCUT2D eigenvalue weighted by Gasteiger charge is -2.10. The molecule has 1 amide bonds. The molecule has 0 saturated carbocycles. The van der Waals surface area contributed by atoms with Crippen LogP contribution in [-0.4, -0.2) is 15.9 Å². The molecule has 0 saturated heterocycles. The van der Waals surface area contributed by atoms with Gasteiger partial charge in [0.2, 0.25) is 5.95 Å². The maximum Gasteiger partial charge on any atom is 0.274 e. The normalized spacial score (nSPS) is 10.3. The largest absolute Gasteiger partial charge is 0.324 e. The molecule has 3 rings (SSSR count). The number of benzene rings is 2. The molecule has 0 aliphatic rings. The number of hydrogen-bond acceptors (Lipinski definition) is 4. The summed E-state index contributed by atoms with van der Waals surface area (Å²) in [5.41, 5.74) is 3.02. The van der Waals surface area contributed by atoms with Gasteiger partial charge in [-0.15, -0.1) is 0 Å². The van der Waals surface area contributed by atoms with Crippen LogP contribution in [0.3, 0.4) is 0 Å². The molecule has 6 heteroatoms. The van der Waals surface area contributed by atoms with Crippen molar-refractivity contribution in [2.24, 2.45) is 0 Å². The molecular formula is C19H17BrN4O. The molecule has 0 unspecified atom stereocenters. The molecule has 0 radical (unpaired) electrons. The van der Waals surface area contributed by atoms with Crippen LogP contribution in [0.4, 0.5) is 17.3 Å². The van der Waals surface area contributed by atoms with Gasteiger partial charge in [-0.25, -0.2) is 9.97 Å². The summed E-state index contributed by atoms with van der Waals surface area (Å²) in [7, 11) is 0. The van der Waals surface area contributed by atoms with E-state index >= 15 is 0 Å². The first kappa shape index (κ1) is 17.1. The molecule has 0 bridgehead atoms. The topological polar surface area (TPSA) is 66.9 Å². The predicted molar refractivity (Wildman–Crippen MR) is 103 cm³/mol. The third-order valence-corrected chi connectivity index (χ3v) is 4.11. The van der Waals surface area contributed by atoms with Crippen LogP contribution in [0.1, 0.15) is 23.0 Å². The van der Waals surface area contributed by atoms with Crippen LogP contribution in [0.2, 0.25) is 0 Å². The standard InChI is InChI=1S/C19H17BrN4O/c1-2-13-6-3-4-9-16(13)23-18(25)17-10-11-21-19(24-17)22-15-8-5-7-14(20)12-15/h3-12H,2H2,1H3,(H,23,25)(H,21,22,24). The van der Waals surface area contributed by atoms with Crippen LogP contribution < -0.4 is 10.6 Å². The van der Waals surface area contributed by atoms with Gasteiger partial charge in [-0.05, 0) is 42.3 Å². The van der Waals surface area contributed by atoms with Gasteiger partial charge >= 0.3 is 0 Å². The molecule has 0 aliphatic heterocycles. The molecule has 2 aromatic carbocycles. The summed E-state index contributed by atoms with van der Waals surface area (Å²) in [6.07, 6.45) is 2.41. The van der Waals surface area contributed by atoms with Crippen molar-refractivity contribution in [2.45, 2.75) is 13.3 Å². The monoisotopic (exact) mass is 396 g/mol. The zero-order chi connectivity index (χ0) is 17.6. The first-order valence-electron chi connectivity index (χ1n) is 7.90. The molecule has 0 atom stereocenters. The highest BCUT2D eigenvalue weighted by Crippen LogP contribution is 2.19. The highest BCUT2D eigenvalue weighted by molar-refractivity contribution is 9.10. The van der Waals surface area contributed by atoms with Crippen LogP contribution in [0.15, 0.2) is 65.3 Å². The second-order valence-electron chi connectivity index (χ2n) is 5.37. The van der Waals surface area contributed by atoms with Crippen molar-refractivity contribution in [3.05, 3.63) is 76.5 Å². The Morgan fingerprint density at radius 2 is 1.96 bits per heavy atom. The van der Waals surface area contributed by atoms with E-state index in [1.165, 1.54) is 0 Å². The van der Waals surface area contributed by atoms with Gasteiger partial charge in [-0.3, -0.25) is 4.79 Å². The van der Waals surface area contributed by atoms with Gasteiger partial charge < -0.3 is 10.6 Å². The fourth-order valence-corrected chi connectivity index (χ4v) is 2.78. The molecule has 0 spiro atoms. The Hall–Kier alpha value is -2.73. The molecule has 1 aromatic heterocycles. The fraction of sp³-hybridized carbons (Fsp3) is 0.105. The summed E-state index contributed by atoms with van der Waals surface area (Å²) in [6.45, 7) is 2.05. The number of carbonyl (C=O) groups is 1. The Bertz CT molecular complexity index is 898. The number of aryl methyl sites for hydroxylation is 1. The lowest BCUT2D eigenvalue weighted by molar-refractivity contribution is 0.102. The van der Waals surface area contributed by atoms with E-state index in [4.69, 9.17) is 0 Å². The van der Waals surface area contributed by atoms with Crippen LogP contribution in [0.25, 0.3) is 0 Å². The minimum absolute atomic E-state index is 0.263. The summed E-state index contributed by atoms with van der Waals surface area (Å²) in [5, 5.41) is 6.01. The third-order valence-electron chi connectivity index (χ3n) is 3.62. The lowest BCUT2D eigenvalue weighted by Crippen LogP contribution is -2.15. The number of para-hydroxylation sites is 1. The van der Waals surface area contributed by atoms with Crippen LogP contribution in [0.5, 0.6) is 0 Å². The van der Waals surface area contributed by atoms with Crippen LogP contribution >= 0.6 is 15.9 Å². The average molecular weight is 397 g/mol. The SMILES string of the molecule is CCc1ccccc1NC(=O)c1ccnc(Nc2cccc(Br)c2)n1. The minimum Gasteiger partial charge on any atom is -0.324 e. The van der Waals surface area contributed by atoms with Crippen molar-refractivity contribution < 1.29 is 4.79 Å². The van der Waals surface area contributed by atoms with E-state index in [9.17, 15) is 4.79 Å². The Labute approximate surface area is 154 Å². The van der Waals surface area contributed by atoms with Crippen molar-refractivity contribution in [1.29, 1.82) is 0 Å². The first-order valence-corrected chi connectivity index (χ1v) is 8.70. The average Bonchev–Trinajstić information content (AvgIpc) is 2.62. The van der Waals surface area contributed by atoms with Gasteiger partial charge in [0, 0.05) is 22.0 Å². The molecule has 5 nitrogen and oxygen atoms in total. The molecule has 1 heterocycles. The lowest BCUT2D eigenvalue weighted by atomic mass is 10.1. The zero-order valence-electron chi connectivity index (χ0n) is 13.7. The van der Waals surface area contributed by atoms with Gasteiger partial charge in [-0.2, -0.15) is 0 Å². The smallest absolute Gasteiger partial charge is 0.274 e. The second kappa shape index (κ2) is 7.90. The van der Waals surface area contributed by atoms with E-state index in [1.807, 2.05) is 48.5 Å². The Morgan fingerprint density at radius 1 is 1.12 bits per heavy atom. The van der Waals surface area contributed by atoms with Gasteiger partial charge in [0.15, 0.2) is 0 Å². The predicted octanol–water partition coefficient (Wildman–Crippen LogP) is 4.80. The molecule has 2 N–H and O–H groups in total. The molecule has 0 aliphatic carbocycles. The maximum absolute atomic E-state index is 12.5. The van der Waals surface area contributed by atoms with Crippen molar-refractivity contribution in [3.8, 4) is 0 Å². The van der Waals surface area contributed by atoms with Crippen LogP contribution in [0, 0.1) is 0 Å². The number of aromatic nitrogens is 2. The van der Waals surface area contributed by atoms with E-state index in [2.05, 4.69) is 43.5 Å². The maximum atomic E-state index is 12.5. The quantitative estimate of drug-likeness (QED) is 0.649. The number of anilines is 3. The van der Waals surface area contributed by atoms with Gasteiger partial charge in [-0.1, -0.05) is 47.1 Å². The molecule has 0 fully saturated rings. The highest BCUT2D eigenvalue weighted by atomic mass is 79.9. The molecule has 3 aromatic rings. The van der Waals surface area contributed by atoms with E-state index in [0.29, 0.717) is 11.6 Å². The van der Waals surface area contributed by atoms with E-state index in [1.54, 1.807) is 12.3 Å². The van der Waals surface area contributed by atoms with Crippen molar-refractivity contribution in [3.63, 3.8) is 0 Å². The number of hydrogen-bond donors (Lipinski definition) is 2. The molecule has 126 valence electrons. The summed E-state index contributed by atoms with van der Waals surface area (Å²) in [5.74, 6) is 0.107. The fourth-order valence-electron chi connectivity index (χ4n) is 2.38. The number of nitrogens with one attached hydrogen (secondary N) is 2. The number of nitrogens with zero attached hydrogens (tertiary/aromatic N) is 2. The van der Waals surface area contributed by atoms with Crippen molar-refractivity contribution >= 4 is 39.2 Å². The summed E-state index contributed by atoms with van der Waals surface area (Å²) in [6, 6.07) is 17.0. The third kappa shape index (κ3) is 4.42. The number of rotatable bonds is 5. The number of carbonyl (C=O) groups excluding carboxylic acids is 1. The van der Waals surface area contributed by atoms with Crippen molar-refractivity contribution in [1.82, 2.24) is 9.97 Å². The summed E-state index contributed by atoms with van der Waals surface area (Å²) < 4.78 is 0.947. The molecule has 25 heavy (non-hydrogen) atoms. The zero-order valence-corrected chi connectivity index (χ0v) is 15.2. The highest BCUT2D eigenvalue weighted by Gasteiger charge is 2.11. The Balaban J connectivity index is 1.77. The summed E-state index contributed by atoms with van der Waals surface area (Å²) >= 11 is 3.42. The number of halogens is 1. The van der Waals surface area contributed by atoms with Crippen molar-refractivity contribution in [2.75, 3.05) is 10.6 Å². The molecular weight excluding hydrogens is 380 g/mol. The van der Waals surface area contributed by atoms with Gasteiger partial charge in [0.25, 0.3) is 5.91 Å². The van der Waals surface area contributed by atoms with Gasteiger partial charge in [0.05, 0.1) is 0 Å². The minimum atomic E-state index is -0.263. The second-order valence-corrected chi connectivity index (χ2v) is 6.28. The first-order chi connectivity index (χ1) is 12.2. The van der Waals surface area contributed by atoms with Crippen LogP contribution in [-0.2, 0) is 6.42 Å². The summed E-state index contributed by atoms with van der Waals surface area (Å²) in [4.78, 5) is 21.0. The van der Waals surface area contributed by atoms with E-state index < -0.39 is 0 Å². The Morgan fingerprint density at radius 3 is 2.76 bits per heavy atom. The van der Waals surface area contributed by atoms with E-state index in [-0.39, 0.29) is 5.91 Å². The van der Waals surface area contributed by atoms with E-state index in [0.717, 1.165) is 27.8 Å². The van der Waals surface area contributed by atoms with Gasteiger partial charge in [0.1, 0.15) is 5.69 Å². The number of amides is 1.